The summed E-state index contributed by atoms with van der Waals surface area (Å²) in [5.41, 5.74) is 1.77. The zero-order valence-electron chi connectivity index (χ0n) is 23.0. The van der Waals surface area contributed by atoms with Crippen molar-refractivity contribution < 1.29 is 23.9 Å². The molecule has 3 aliphatic rings. The van der Waals surface area contributed by atoms with Crippen molar-refractivity contribution in [1.82, 2.24) is 4.90 Å². The zero-order chi connectivity index (χ0) is 29.8. The van der Waals surface area contributed by atoms with E-state index in [9.17, 15) is 19.2 Å². The summed E-state index contributed by atoms with van der Waals surface area (Å²) >= 11 is 3.46. The van der Waals surface area contributed by atoms with Crippen molar-refractivity contribution in [3.05, 3.63) is 131 Å². The van der Waals surface area contributed by atoms with Crippen LogP contribution in [0.25, 0.3) is 10.8 Å². The molecule has 2 fully saturated rings. The van der Waals surface area contributed by atoms with Crippen molar-refractivity contribution in [2.75, 3.05) is 12.0 Å². The SMILES string of the molecule is COc1ccc(C(=O)[C@@H]2[C@H]3C(=O)N(c4ccc5ccccc5c4)C(=O)[C@@H]3[C@H]3C=C(C(=O)c4ccccc4)C=CN32)cc1Br. The maximum absolute atomic E-state index is 14.2. The van der Waals surface area contributed by atoms with E-state index >= 15 is 0 Å². The standard InChI is InChI=1S/C35H25BrN2O5/c1-43-28-14-12-23(18-26(28)36)33(40)31-30-29(27-19-24(15-16-37(27)31)32(39)21-8-3-2-4-9-21)34(41)38(35(30)42)25-13-11-20-7-5-6-10-22(20)17-25/h2-19,27,29-31H,1H3/t27-,29-,30+,31+/m1/s1. The number of imide groups is 1. The van der Waals surface area contributed by atoms with Crippen molar-refractivity contribution in [3.8, 4) is 5.75 Å². The molecule has 0 radical (unpaired) electrons. The second kappa shape index (κ2) is 10.5. The summed E-state index contributed by atoms with van der Waals surface area (Å²) in [6.07, 6.45) is 5.08. The number of hydrogen-bond acceptors (Lipinski definition) is 6. The van der Waals surface area contributed by atoms with E-state index in [2.05, 4.69) is 15.9 Å². The van der Waals surface area contributed by atoms with E-state index in [1.165, 1.54) is 12.0 Å². The molecule has 4 atom stereocenters. The van der Waals surface area contributed by atoms with E-state index in [1.807, 2.05) is 42.5 Å². The molecule has 212 valence electrons. The molecule has 8 heteroatoms. The van der Waals surface area contributed by atoms with E-state index in [0.29, 0.717) is 32.6 Å². The molecule has 3 heterocycles. The smallest absolute Gasteiger partial charge is 0.240 e. The van der Waals surface area contributed by atoms with Gasteiger partial charge in [0.25, 0.3) is 0 Å². The van der Waals surface area contributed by atoms with Gasteiger partial charge in [-0.3, -0.25) is 19.2 Å². The third kappa shape index (κ3) is 4.32. The molecule has 4 aromatic rings. The molecule has 7 nitrogen and oxygen atoms in total. The summed E-state index contributed by atoms with van der Waals surface area (Å²) in [5.74, 6) is -2.52. The number of methoxy groups -OCH3 is 1. The number of benzene rings is 4. The Labute approximate surface area is 256 Å². The Morgan fingerprint density at radius 2 is 1.51 bits per heavy atom. The average molecular weight is 633 g/mol. The largest absolute Gasteiger partial charge is 0.496 e. The maximum Gasteiger partial charge on any atom is 0.240 e. The Morgan fingerprint density at radius 3 is 2.26 bits per heavy atom. The third-order valence-electron chi connectivity index (χ3n) is 8.54. The fraction of sp³-hybridized carbons (Fsp3) is 0.143. The van der Waals surface area contributed by atoms with E-state index < -0.39 is 29.8 Å². The van der Waals surface area contributed by atoms with Gasteiger partial charge in [0.05, 0.1) is 35.1 Å². The number of ketones is 2. The molecule has 2 saturated heterocycles. The monoisotopic (exact) mass is 632 g/mol. The van der Waals surface area contributed by atoms with E-state index in [0.717, 1.165) is 10.8 Å². The van der Waals surface area contributed by atoms with E-state index in [-0.39, 0.29) is 17.5 Å². The van der Waals surface area contributed by atoms with Crippen LogP contribution in [-0.2, 0) is 9.59 Å². The highest BCUT2D eigenvalue weighted by atomic mass is 79.9. The summed E-state index contributed by atoms with van der Waals surface area (Å²) < 4.78 is 5.93. The predicted octanol–water partition coefficient (Wildman–Crippen LogP) is 5.99. The first-order valence-corrected chi connectivity index (χ1v) is 14.7. The number of ether oxygens (including phenoxy) is 1. The van der Waals surface area contributed by atoms with Crippen LogP contribution in [0.5, 0.6) is 5.75 Å². The van der Waals surface area contributed by atoms with Crippen molar-refractivity contribution in [1.29, 1.82) is 0 Å². The molecule has 43 heavy (non-hydrogen) atoms. The first-order valence-electron chi connectivity index (χ1n) is 13.9. The number of anilines is 1. The molecule has 2 amide bonds. The lowest BCUT2D eigenvalue weighted by molar-refractivity contribution is -0.123. The van der Waals surface area contributed by atoms with Gasteiger partial charge in [0, 0.05) is 22.9 Å². The first-order chi connectivity index (χ1) is 20.9. The van der Waals surface area contributed by atoms with Crippen LogP contribution in [0.3, 0.4) is 0 Å². The highest BCUT2D eigenvalue weighted by Gasteiger charge is 2.63. The van der Waals surface area contributed by atoms with Crippen LogP contribution in [0.2, 0.25) is 0 Å². The van der Waals surface area contributed by atoms with Crippen molar-refractivity contribution >= 4 is 55.8 Å². The van der Waals surface area contributed by atoms with Gasteiger partial charge >= 0.3 is 0 Å². The lowest BCUT2D eigenvalue weighted by atomic mass is 9.85. The van der Waals surface area contributed by atoms with Crippen molar-refractivity contribution in [3.63, 3.8) is 0 Å². The third-order valence-corrected chi connectivity index (χ3v) is 9.16. The number of Topliss-reactive ketones (excluding diaryl/α,β-unsaturated/α-hetero) is 2. The summed E-state index contributed by atoms with van der Waals surface area (Å²) in [6.45, 7) is 0. The van der Waals surface area contributed by atoms with Gasteiger partial charge in [0.15, 0.2) is 11.6 Å². The molecule has 4 aromatic carbocycles. The summed E-state index contributed by atoms with van der Waals surface area (Å²) in [4.78, 5) is 59.0. The topological polar surface area (TPSA) is 84.0 Å². The van der Waals surface area contributed by atoms with Gasteiger partial charge in [-0.2, -0.15) is 0 Å². The highest BCUT2D eigenvalue weighted by Crippen LogP contribution is 2.47. The van der Waals surface area contributed by atoms with Crippen LogP contribution in [0.4, 0.5) is 5.69 Å². The van der Waals surface area contributed by atoms with Crippen LogP contribution >= 0.6 is 15.9 Å². The Kier molecular flexibility index (Phi) is 6.58. The molecule has 0 N–H and O–H groups in total. The minimum atomic E-state index is -0.946. The van der Waals surface area contributed by atoms with E-state index in [4.69, 9.17) is 4.74 Å². The van der Waals surface area contributed by atoms with Crippen LogP contribution < -0.4 is 9.64 Å². The normalized spacial score (nSPS) is 22.4. The minimum absolute atomic E-state index is 0.190. The molecule has 7 rings (SSSR count). The predicted molar refractivity (Wildman–Crippen MR) is 166 cm³/mol. The molecule has 3 aliphatic heterocycles. The summed E-state index contributed by atoms with van der Waals surface area (Å²) in [7, 11) is 1.54. The van der Waals surface area contributed by atoms with Gasteiger partial charge in [0.1, 0.15) is 11.8 Å². The summed E-state index contributed by atoms with van der Waals surface area (Å²) in [6, 6.07) is 25.5. The van der Waals surface area contributed by atoms with Gasteiger partial charge in [-0.25, -0.2) is 4.90 Å². The van der Waals surface area contributed by atoms with Crippen LogP contribution in [0, 0.1) is 11.8 Å². The Bertz CT molecular complexity index is 1900. The fourth-order valence-electron chi connectivity index (χ4n) is 6.51. The highest BCUT2D eigenvalue weighted by molar-refractivity contribution is 9.10. The van der Waals surface area contributed by atoms with Gasteiger partial charge in [0.2, 0.25) is 11.8 Å². The second-order valence-electron chi connectivity index (χ2n) is 10.8. The van der Waals surface area contributed by atoms with Crippen LogP contribution in [0.15, 0.2) is 119 Å². The van der Waals surface area contributed by atoms with Gasteiger partial charge < -0.3 is 9.64 Å². The maximum atomic E-state index is 14.2. The first kappa shape index (κ1) is 27.0. The lowest BCUT2D eigenvalue weighted by Crippen LogP contribution is -2.46. The zero-order valence-corrected chi connectivity index (χ0v) is 24.6. The van der Waals surface area contributed by atoms with Crippen LogP contribution in [0.1, 0.15) is 20.7 Å². The van der Waals surface area contributed by atoms with Crippen molar-refractivity contribution in [2.45, 2.75) is 12.1 Å². The van der Waals surface area contributed by atoms with Gasteiger partial charge in [-0.1, -0.05) is 66.7 Å². The Balaban J connectivity index is 1.32. The molecule has 0 spiro atoms. The molecule has 0 aliphatic carbocycles. The number of halogens is 1. The summed E-state index contributed by atoms with van der Waals surface area (Å²) in [5, 5.41) is 1.88. The molecular weight excluding hydrogens is 608 g/mol. The minimum Gasteiger partial charge on any atom is -0.496 e. The van der Waals surface area contributed by atoms with Crippen molar-refractivity contribution in [2.24, 2.45) is 11.8 Å². The number of amides is 2. The average Bonchev–Trinajstić information content (AvgIpc) is 3.51. The molecular formula is C35H25BrN2O5. The van der Waals surface area contributed by atoms with Gasteiger partial charge in [-0.05, 0) is 63.1 Å². The second-order valence-corrected chi connectivity index (χ2v) is 11.7. The number of carbonyl (C=O) groups excluding carboxylic acids is 4. The Hall–Kier alpha value is -4.82. The van der Waals surface area contributed by atoms with Gasteiger partial charge in [-0.15, -0.1) is 0 Å². The number of nitrogens with zero attached hydrogens (tertiary/aromatic N) is 2. The molecule has 0 unspecified atom stereocenters. The number of rotatable bonds is 6. The number of allylic oxidation sites excluding steroid dienone is 2. The number of carbonyl (C=O) groups is 4. The molecule has 0 bridgehead atoms. The molecule has 0 saturated carbocycles. The molecule has 0 aromatic heterocycles. The number of fused-ring (bicyclic) bond motifs is 4. The van der Waals surface area contributed by atoms with Crippen LogP contribution in [-0.4, -0.2) is 47.5 Å². The fourth-order valence-corrected chi connectivity index (χ4v) is 7.06. The lowest BCUT2D eigenvalue weighted by Gasteiger charge is -2.33. The Morgan fingerprint density at radius 1 is 0.791 bits per heavy atom. The quantitative estimate of drug-likeness (QED) is 0.192. The van der Waals surface area contributed by atoms with E-state index in [1.54, 1.807) is 71.8 Å². The number of hydrogen-bond donors (Lipinski definition) is 0.